The number of thiophene rings is 1. The quantitative estimate of drug-likeness (QED) is 0.546. The highest BCUT2D eigenvalue weighted by molar-refractivity contribution is 9.09. The van der Waals surface area contributed by atoms with Crippen LogP contribution in [-0.2, 0) is 15.1 Å². The van der Waals surface area contributed by atoms with Crippen molar-refractivity contribution in [2.45, 2.75) is 49.6 Å². The number of halogens is 2. The molecule has 1 saturated heterocycles. The van der Waals surface area contributed by atoms with Crippen LogP contribution in [0.25, 0.3) is 0 Å². The highest BCUT2D eigenvalue weighted by atomic mass is 79.9. The van der Waals surface area contributed by atoms with Crippen molar-refractivity contribution < 1.29 is 14.3 Å². The molecule has 1 aromatic heterocycles. The molecular weight excluding hydrogens is 402 g/mol. The number of alkyl halides is 1. The molecule has 128 valence electrons. The second kappa shape index (κ2) is 6.21. The number of nitrogens with zero attached hydrogens (tertiary/aromatic N) is 1. The Balaban J connectivity index is 1.74. The first-order valence-electron chi connectivity index (χ1n) is 7.76. The second-order valence-electron chi connectivity index (χ2n) is 7.08. The first kappa shape index (κ1) is 17.5. The van der Waals surface area contributed by atoms with E-state index in [2.05, 4.69) is 15.9 Å². The van der Waals surface area contributed by atoms with Gasteiger partial charge in [-0.05, 0) is 45.2 Å². The van der Waals surface area contributed by atoms with E-state index in [0.717, 1.165) is 17.2 Å². The van der Waals surface area contributed by atoms with Gasteiger partial charge in [0.1, 0.15) is 11.2 Å². The number of likely N-dealkylation sites (tertiary alicyclic amines) is 1. The normalized spacial score (nSPS) is 23.7. The van der Waals surface area contributed by atoms with Crippen LogP contribution in [0, 0.1) is 0 Å². The van der Waals surface area contributed by atoms with Gasteiger partial charge >= 0.3 is 6.09 Å². The molecule has 3 heterocycles. The first-order valence-corrected chi connectivity index (χ1v) is 9.87. The molecule has 1 atom stereocenters. The average molecular weight is 423 g/mol. The van der Waals surface area contributed by atoms with Crippen LogP contribution in [0.15, 0.2) is 6.07 Å². The van der Waals surface area contributed by atoms with Crippen molar-refractivity contribution in [3.8, 4) is 0 Å². The summed E-state index contributed by atoms with van der Waals surface area (Å²) in [5.41, 5.74) is 0.457. The maximum absolute atomic E-state index is 12.2. The van der Waals surface area contributed by atoms with E-state index in [1.165, 1.54) is 10.4 Å². The van der Waals surface area contributed by atoms with Crippen LogP contribution in [0.3, 0.4) is 0 Å². The van der Waals surface area contributed by atoms with E-state index in [1.54, 1.807) is 16.2 Å². The van der Waals surface area contributed by atoms with E-state index in [9.17, 15) is 4.79 Å². The summed E-state index contributed by atoms with van der Waals surface area (Å²) in [6.45, 7) is 7.56. The van der Waals surface area contributed by atoms with Gasteiger partial charge in [-0.3, -0.25) is 0 Å². The highest BCUT2D eigenvalue weighted by Gasteiger charge is 2.45. The molecule has 1 spiro atoms. The molecule has 1 amide bonds. The van der Waals surface area contributed by atoms with E-state index < -0.39 is 5.60 Å². The van der Waals surface area contributed by atoms with Gasteiger partial charge in [-0.25, -0.2) is 4.79 Å². The summed E-state index contributed by atoms with van der Waals surface area (Å²) in [7, 11) is 0. The molecule has 7 heteroatoms. The van der Waals surface area contributed by atoms with Crippen molar-refractivity contribution in [1.29, 1.82) is 0 Å². The Morgan fingerprint density at radius 3 is 2.74 bits per heavy atom. The molecular formula is C16H21BrClNO3S. The SMILES string of the molecule is CC(C)(C)OC(=O)N1CCC2(CC1)OCC(Br)c1cc(Cl)sc12. The Kier molecular flexibility index (Phi) is 4.73. The van der Waals surface area contributed by atoms with E-state index in [4.69, 9.17) is 21.1 Å². The molecule has 4 nitrogen and oxygen atoms in total. The molecule has 1 aromatic rings. The van der Waals surface area contributed by atoms with E-state index in [1.807, 2.05) is 26.8 Å². The van der Waals surface area contributed by atoms with E-state index in [-0.39, 0.29) is 16.5 Å². The van der Waals surface area contributed by atoms with Gasteiger partial charge in [0.25, 0.3) is 0 Å². The maximum atomic E-state index is 12.2. The van der Waals surface area contributed by atoms with Gasteiger partial charge in [-0.2, -0.15) is 0 Å². The minimum atomic E-state index is -0.467. The monoisotopic (exact) mass is 421 g/mol. The van der Waals surface area contributed by atoms with Gasteiger partial charge < -0.3 is 14.4 Å². The predicted molar refractivity (Wildman–Crippen MR) is 95.7 cm³/mol. The lowest BCUT2D eigenvalue weighted by Gasteiger charge is -2.44. The third kappa shape index (κ3) is 3.55. The van der Waals surface area contributed by atoms with Crippen LogP contribution in [0.5, 0.6) is 0 Å². The van der Waals surface area contributed by atoms with Crippen molar-refractivity contribution in [2.24, 2.45) is 0 Å². The smallest absolute Gasteiger partial charge is 0.410 e. The van der Waals surface area contributed by atoms with Crippen molar-refractivity contribution in [1.82, 2.24) is 4.90 Å². The summed E-state index contributed by atoms with van der Waals surface area (Å²) in [5.74, 6) is 0. The summed E-state index contributed by atoms with van der Waals surface area (Å²) in [6, 6.07) is 2.03. The molecule has 1 fully saturated rings. The Morgan fingerprint density at radius 2 is 2.13 bits per heavy atom. The fraction of sp³-hybridized carbons (Fsp3) is 0.688. The molecule has 0 aromatic carbocycles. The van der Waals surface area contributed by atoms with Gasteiger partial charge in [0.15, 0.2) is 0 Å². The molecule has 0 N–H and O–H groups in total. The minimum absolute atomic E-state index is 0.191. The zero-order valence-electron chi connectivity index (χ0n) is 13.5. The number of hydrogen-bond donors (Lipinski definition) is 0. The molecule has 0 radical (unpaired) electrons. The molecule has 1 unspecified atom stereocenters. The third-order valence-electron chi connectivity index (χ3n) is 4.21. The summed E-state index contributed by atoms with van der Waals surface area (Å²) in [6.07, 6.45) is 1.30. The lowest BCUT2D eigenvalue weighted by Crippen LogP contribution is -2.49. The molecule has 23 heavy (non-hydrogen) atoms. The summed E-state index contributed by atoms with van der Waals surface area (Å²) >= 11 is 11.5. The Hall–Kier alpha value is -0.300. The third-order valence-corrected chi connectivity index (χ3v) is 6.43. The highest BCUT2D eigenvalue weighted by Crippen LogP contribution is 2.50. The van der Waals surface area contributed by atoms with Gasteiger partial charge in [0, 0.05) is 18.0 Å². The number of fused-ring (bicyclic) bond motifs is 2. The zero-order valence-corrected chi connectivity index (χ0v) is 16.7. The first-order chi connectivity index (χ1) is 10.7. The molecule has 0 bridgehead atoms. The van der Waals surface area contributed by atoms with Crippen LogP contribution in [0.1, 0.15) is 48.9 Å². The number of ether oxygens (including phenoxy) is 2. The number of piperidine rings is 1. The summed E-state index contributed by atoms with van der Waals surface area (Å²) in [4.78, 5) is 15.4. The summed E-state index contributed by atoms with van der Waals surface area (Å²) in [5, 5.41) is 0. The topological polar surface area (TPSA) is 38.8 Å². The summed E-state index contributed by atoms with van der Waals surface area (Å²) < 4.78 is 12.5. The minimum Gasteiger partial charge on any atom is -0.444 e. The van der Waals surface area contributed by atoms with Crippen LogP contribution in [0.4, 0.5) is 4.79 Å². The predicted octanol–water partition coefficient (Wildman–Crippen LogP) is 5.09. The Labute approximate surface area is 154 Å². The standard InChI is InChI=1S/C16H21BrClNO3S/c1-15(2,3)22-14(20)19-6-4-16(5-7-19)13-10(8-12(18)23-13)11(17)9-21-16/h8,11H,4-7,9H2,1-3H3. The van der Waals surface area contributed by atoms with Crippen molar-refractivity contribution >= 4 is 45.0 Å². The lowest BCUT2D eigenvalue weighted by molar-refractivity contribution is -0.0953. The lowest BCUT2D eigenvalue weighted by atomic mass is 9.85. The van der Waals surface area contributed by atoms with Gasteiger partial charge in [-0.15, -0.1) is 11.3 Å². The molecule has 0 saturated carbocycles. The van der Waals surface area contributed by atoms with Crippen molar-refractivity contribution in [3.63, 3.8) is 0 Å². The van der Waals surface area contributed by atoms with Gasteiger partial charge in [0.2, 0.25) is 0 Å². The fourth-order valence-corrected chi connectivity index (χ4v) is 5.24. The number of hydrogen-bond acceptors (Lipinski definition) is 4. The number of carbonyl (C=O) groups excluding carboxylic acids is 1. The van der Waals surface area contributed by atoms with E-state index in [0.29, 0.717) is 19.7 Å². The Bertz CT molecular complexity index is 605. The molecule has 3 rings (SSSR count). The largest absolute Gasteiger partial charge is 0.444 e. The number of carbonyl (C=O) groups is 1. The van der Waals surface area contributed by atoms with Crippen LogP contribution in [0.2, 0.25) is 4.34 Å². The van der Waals surface area contributed by atoms with Crippen LogP contribution < -0.4 is 0 Å². The van der Waals surface area contributed by atoms with Crippen LogP contribution in [-0.4, -0.2) is 36.3 Å². The maximum Gasteiger partial charge on any atom is 0.410 e. The molecule has 0 aliphatic carbocycles. The fourth-order valence-electron chi connectivity index (χ4n) is 3.10. The van der Waals surface area contributed by atoms with Gasteiger partial charge in [-0.1, -0.05) is 27.5 Å². The van der Waals surface area contributed by atoms with Crippen molar-refractivity contribution in [2.75, 3.05) is 19.7 Å². The number of amides is 1. The van der Waals surface area contributed by atoms with Gasteiger partial charge in [0.05, 0.1) is 15.8 Å². The number of rotatable bonds is 0. The van der Waals surface area contributed by atoms with Crippen molar-refractivity contribution in [3.05, 3.63) is 20.8 Å². The zero-order chi connectivity index (χ0) is 16.8. The van der Waals surface area contributed by atoms with E-state index >= 15 is 0 Å². The second-order valence-corrected chi connectivity index (χ2v) is 9.86. The molecule has 2 aliphatic heterocycles. The molecule has 2 aliphatic rings. The van der Waals surface area contributed by atoms with Crippen LogP contribution >= 0.6 is 38.9 Å². The average Bonchev–Trinajstić information content (AvgIpc) is 2.86. The Morgan fingerprint density at radius 1 is 1.48 bits per heavy atom.